The van der Waals surface area contributed by atoms with E-state index in [1.54, 1.807) is 11.8 Å². The van der Waals surface area contributed by atoms with Gasteiger partial charge in [-0.2, -0.15) is 5.26 Å². The van der Waals surface area contributed by atoms with Gasteiger partial charge in [-0.3, -0.25) is 4.90 Å². The molecule has 3 aliphatic heterocycles. The van der Waals surface area contributed by atoms with Crippen molar-refractivity contribution in [2.45, 2.75) is 52.5 Å². The lowest BCUT2D eigenvalue weighted by Crippen LogP contribution is -2.82. The first kappa shape index (κ1) is 20.5. The van der Waals surface area contributed by atoms with Gasteiger partial charge in [0.25, 0.3) is 0 Å². The molecular weight excluding hydrogens is 444 g/mol. The van der Waals surface area contributed by atoms with E-state index in [4.69, 9.17) is 4.74 Å². The first-order valence-electron chi connectivity index (χ1n) is 12.0. The van der Waals surface area contributed by atoms with Crippen molar-refractivity contribution >= 4 is 23.4 Å². The van der Waals surface area contributed by atoms with Crippen LogP contribution in [0.25, 0.3) is 0 Å². The summed E-state index contributed by atoms with van der Waals surface area (Å²) < 4.78 is 5.42. The molecular formula is C27H26N4O2S. The van der Waals surface area contributed by atoms with Crippen molar-refractivity contribution in [1.82, 2.24) is 9.88 Å². The van der Waals surface area contributed by atoms with Crippen LogP contribution in [0, 0.1) is 16.7 Å². The molecule has 4 heterocycles. The van der Waals surface area contributed by atoms with Gasteiger partial charge in [0.05, 0.1) is 34.7 Å². The number of nitrogens with one attached hydrogen (secondary N) is 1. The minimum Gasteiger partial charge on any atom is -0.466 e. The molecule has 1 aromatic heterocycles. The zero-order chi connectivity index (χ0) is 23.2. The Kier molecular flexibility index (Phi) is 4.02. The van der Waals surface area contributed by atoms with Crippen molar-refractivity contribution in [2.24, 2.45) is 5.41 Å². The molecule has 2 bridgehead atoms. The van der Waals surface area contributed by atoms with E-state index in [0.717, 1.165) is 49.5 Å². The lowest BCUT2D eigenvalue weighted by Gasteiger charge is -2.71. The normalized spacial score (nSPS) is 38.7. The predicted octanol–water partition coefficient (Wildman–Crippen LogP) is 3.91. The van der Waals surface area contributed by atoms with Crippen LogP contribution in [0.4, 0.5) is 5.69 Å². The Bertz CT molecular complexity index is 1290. The van der Waals surface area contributed by atoms with E-state index in [0.29, 0.717) is 5.57 Å². The summed E-state index contributed by atoms with van der Waals surface area (Å²) in [6.07, 6.45) is 7.55. The van der Waals surface area contributed by atoms with E-state index in [2.05, 4.69) is 45.5 Å². The number of methoxy groups -OCH3 is 1. The van der Waals surface area contributed by atoms with Gasteiger partial charge in [-0.15, -0.1) is 11.8 Å². The Labute approximate surface area is 203 Å². The van der Waals surface area contributed by atoms with Crippen LogP contribution in [0.15, 0.2) is 65.3 Å². The van der Waals surface area contributed by atoms with Crippen molar-refractivity contribution in [2.75, 3.05) is 25.5 Å². The molecule has 8 rings (SSSR count). The van der Waals surface area contributed by atoms with Crippen molar-refractivity contribution in [3.63, 3.8) is 0 Å². The first-order chi connectivity index (χ1) is 16.6. The van der Waals surface area contributed by atoms with Crippen LogP contribution >= 0.6 is 11.8 Å². The van der Waals surface area contributed by atoms with Crippen molar-refractivity contribution < 1.29 is 9.53 Å². The highest BCUT2D eigenvalue weighted by Gasteiger charge is 2.86. The summed E-state index contributed by atoms with van der Waals surface area (Å²) in [5.41, 5.74) is 0.476. The number of carbonyl (C=O) groups is 1. The highest BCUT2D eigenvalue weighted by Crippen LogP contribution is 2.78. The summed E-state index contributed by atoms with van der Waals surface area (Å²) >= 11 is 1.74. The summed E-state index contributed by atoms with van der Waals surface area (Å²) in [6.45, 7) is 1.78. The maximum Gasteiger partial charge on any atom is 0.335 e. The van der Waals surface area contributed by atoms with Gasteiger partial charge in [0.15, 0.2) is 0 Å². The zero-order valence-electron chi connectivity index (χ0n) is 19.1. The molecule has 2 aromatic rings. The van der Waals surface area contributed by atoms with Crippen LogP contribution in [0.3, 0.4) is 0 Å². The summed E-state index contributed by atoms with van der Waals surface area (Å²) in [7, 11) is 1.47. The SMILES string of the molecule is COC(=O)C1=C[C@@]23CCCN4CC[C@@]5(c6ccccc6N[C@]15C(Sc1ccccn1)C2)[C@@]43C#N. The molecule has 34 heavy (non-hydrogen) atoms. The fourth-order valence-corrected chi connectivity index (χ4v) is 10.0. The monoisotopic (exact) mass is 470 g/mol. The number of pyridine rings is 1. The summed E-state index contributed by atoms with van der Waals surface area (Å²) in [4.78, 5) is 20.6. The summed E-state index contributed by atoms with van der Waals surface area (Å²) in [5, 5.41) is 16.0. The molecule has 3 aliphatic carbocycles. The quantitative estimate of drug-likeness (QED) is 0.682. The van der Waals surface area contributed by atoms with Crippen LogP contribution in [0.5, 0.6) is 0 Å². The van der Waals surface area contributed by atoms with Crippen LogP contribution < -0.4 is 5.32 Å². The molecule has 6 aliphatic rings. The molecule has 1 N–H and O–H groups in total. The Morgan fingerprint density at radius 3 is 2.88 bits per heavy atom. The summed E-state index contributed by atoms with van der Waals surface area (Å²) in [5.74, 6) is -0.291. The molecule has 1 unspecified atom stereocenters. The number of hydrogen-bond acceptors (Lipinski definition) is 7. The minimum absolute atomic E-state index is 0.0217. The van der Waals surface area contributed by atoms with E-state index < -0.39 is 21.9 Å². The maximum absolute atomic E-state index is 13.5. The highest BCUT2D eigenvalue weighted by atomic mass is 32.2. The third-order valence-electron chi connectivity index (χ3n) is 9.36. The number of hydrogen-bond donors (Lipinski definition) is 1. The van der Waals surface area contributed by atoms with E-state index in [9.17, 15) is 10.1 Å². The fourth-order valence-electron chi connectivity index (χ4n) is 8.50. The number of carbonyl (C=O) groups excluding carboxylic acids is 1. The number of anilines is 1. The molecule has 3 spiro atoms. The van der Waals surface area contributed by atoms with E-state index in [1.807, 2.05) is 30.5 Å². The number of ether oxygens (including phenoxy) is 1. The van der Waals surface area contributed by atoms with Crippen LogP contribution in [-0.4, -0.2) is 52.4 Å². The second-order valence-electron chi connectivity index (χ2n) is 10.2. The smallest absolute Gasteiger partial charge is 0.335 e. The van der Waals surface area contributed by atoms with Crippen molar-refractivity contribution in [1.29, 1.82) is 5.26 Å². The average Bonchev–Trinajstić information content (AvgIpc) is 3.39. The third-order valence-corrected chi connectivity index (χ3v) is 10.6. The Hall–Kier alpha value is -2.82. The topological polar surface area (TPSA) is 78.2 Å². The fraction of sp³-hybridized carbons (Fsp3) is 0.444. The number of nitrogens with zero attached hydrogens (tertiary/aromatic N) is 3. The molecule has 0 radical (unpaired) electrons. The van der Waals surface area contributed by atoms with Crippen molar-refractivity contribution in [3.8, 4) is 6.07 Å². The number of benzene rings is 1. The lowest BCUT2D eigenvalue weighted by atomic mass is 9.37. The number of rotatable bonds is 3. The van der Waals surface area contributed by atoms with E-state index in [-0.39, 0.29) is 11.2 Å². The zero-order valence-corrected chi connectivity index (χ0v) is 19.9. The largest absolute Gasteiger partial charge is 0.466 e. The Morgan fingerprint density at radius 1 is 1.24 bits per heavy atom. The number of esters is 1. The molecule has 6 nitrogen and oxygen atoms in total. The molecule has 7 heteroatoms. The van der Waals surface area contributed by atoms with Gasteiger partial charge < -0.3 is 10.1 Å². The molecule has 3 fully saturated rings. The molecule has 1 aromatic carbocycles. The van der Waals surface area contributed by atoms with Gasteiger partial charge in [0, 0.05) is 29.1 Å². The van der Waals surface area contributed by atoms with Gasteiger partial charge >= 0.3 is 5.97 Å². The second kappa shape index (κ2) is 6.65. The van der Waals surface area contributed by atoms with Crippen LogP contribution in [-0.2, 0) is 14.9 Å². The predicted molar refractivity (Wildman–Crippen MR) is 129 cm³/mol. The minimum atomic E-state index is -0.754. The second-order valence-corrected chi connectivity index (χ2v) is 11.5. The van der Waals surface area contributed by atoms with Crippen molar-refractivity contribution in [3.05, 3.63) is 65.9 Å². The maximum atomic E-state index is 13.5. The number of para-hydroxylation sites is 1. The number of piperidine rings is 1. The average molecular weight is 471 g/mol. The van der Waals surface area contributed by atoms with E-state index in [1.165, 1.54) is 12.7 Å². The molecule has 5 atom stereocenters. The van der Waals surface area contributed by atoms with Gasteiger partial charge in [0.1, 0.15) is 5.54 Å². The highest BCUT2D eigenvalue weighted by molar-refractivity contribution is 8.00. The van der Waals surface area contributed by atoms with Gasteiger partial charge in [-0.25, -0.2) is 9.78 Å². The molecule has 172 valence electrons. The standard InChI is InChI=1S/C27H26N4O2S/c1-33-23(32)19-15-24-10-6-13-31-14-11-25(26(24,31)17-28)18-7-2-3-8-20(18)30-27(19,25)21(16-24)34-22-9-4-5-12-29-22/h2-5,7-9,12,15,21,30H,6,10-11,13-14,16H2,1H3/t21?,24-,25+,26-,27-/m0/s1. The number of nitriles is 1. The Balaban J connectivity index is 1.58. The van der Waals surface area contributed by atoms with Gasteiger partial charge in [0.2, 0.25) is 0 Å². The Morgan fingerprint density at radius 2 is 2.09 bits per heavy atom. The molecule has 0 amide bonds. The van der Waals surface area contributed by atoms with Gasteiger partial charge in [-0.1, -0.05) is 30.3 Å². The molecule has 1 saturated carbocycles. The van der Waals surface area contributed by atoms with Crippen LogP contribution in [0.1, 0.15) is 31.2 Å². The lowest BCUT2D eigenvalue weighted by molar-refractivity contribution is -0.140. The number of thioether (sulfide) groups is 1. The molecule has 2 saturated heterocycles. The van der Waals surface area contributed by atoms with Crippen LogP contribution in [0.2, 0.25) is 0 Å². The van der Waals surface area contributed by atoms with E-state index >= 15 is 0 Å². The summed E-state index contributed by atoms with van der Waals surface area (Å²) in [6, 6.07) is 17.3. The number of aromatic nitrogens is 1. The third kappa shape index (κ3) is 1.98. The number of fused-ring (bicyclic) bond motifs is 2. The van der Waals surface area contributed by atoms with Gasteiger partial charge in [-0.05, 0) is 56.0 Å². The first-order valence-corrected chi connectivity index (χ1v) is 12.9.